The van der Waals surface area contributed by atoms with E-state index in [1.807, 2.05) is 6.07 Å². The molecule has 3 aromatic rings. The zero-order valence-corrected chi connectivity index (χ0v) is 20.0. The number of nitrogens with zero attached hydrogens (tertiary/aromatic N) is 2. The van der Waals surface area contributed by atoms with Crippen LogP contribution < -0.4 is 15.5 Å². The van der Waals surface area contributed by atoms with E-state index in [1.54, 1.807) is 56.3 Å². The molecule has 1 atom stereocenters. The van der Waals surface area contributed by atoms with Crippen LogP contribution in [0.25, 0.3) is 0 Å². The quantitative estimate of drug-likeness (QED) is 0.470. The van der Waals surface area contributed by atoms with Gasteiger partial charge in [0, 0.05) is 30.6 Å². The fourth-order valence-electron chi connectivity index (χ4n) is 4.32. The van der Waals surface area contributed by atoms with Crippen molar-refractivity contribution in [3.8, 4) is 0 Å². The highest BCUT2D eigenvalue weighted by Crippen LogP contribution is 2.31. The van der Waals surface area contributed by atoms with E-state index in [2.05, 4.69) is 15.8 Å². The molecule has 1 unspecified atom stereocenters. The summed E-state index contributed by atoms with van der Waals surface area (Å²) in [6.45, 7) is 3.51. The molecule has 35 heavy (non-hydrogen) atoms. The van der Waals surface area contributed by atoms with Crippen LogP contribution in [0.4, 0.5) is 11.5 Å². The van der Waals surface area contributed by atoms with E-state index in [1.165, 1.54) is 4.90 Å². The number of anilines is 2. The molecule has 184 valence electrons. The molecule has 0 radical (unpaired) electrons. The predicted molar refractivity (Wildman–Crippen MR) is 130 cm³/mol. The molecule has 0 bridgehead atoms. The fraction of sp³-hybridized carbons (Fsp3) is 0.385. The van der Waals surface area contributed by atoms with Gasteiger partial charge in [0.2, 0.25) is 11.8 Å². The van der Waals surface area contributed by atoms with Crippen molar-refractivity contribution in [2.75, 3.05) is 10.2 Å². The first-order valence-corrected chi connectivity index (χ1v) is 11.9. The lowest BCUT2D eigenvalue weighted by atomic mass is 10.1. The van der Waals surface area contributed by atoms with Crippen LogP contribution >= 0.6 is 0 Å². The first kappa shape index (κ1) is 24.3. The monoisotopic (exact) mass is 478 g/mol. The van der Waals surface area contributed by atoms with E-state index in [-0.39, 0.29) is 36.6 Å². The Labute approximate surface area is 203 Å². The zero-order valence-electron chi connectivity index (χ0n) is 20.0. The van der Waals surface area contributed by atoms with Crippen molar-refractivity contribution in [2.24, 2.45) is 0 Å². The van der Waals surface area contributed by atoms with Crippen molar-refractivity contribution in [3.05, 3.63) is 65.8 Å². The Morgan fingerprint density at radius 2 is 1.77 bits per heavy atom. The number of carbonyl (C=O) groups excluding carboxylic acids is 3. The second-order valence-electron chi connectivity index (χ2n) is 8.81. The molecule has 9 heteroatoms. The summed E-state index contributed by atoms with van der Waals surface area (Å²) in [5.41, 5.74) is 0.547. The summed E-state index contributed by atoms with van der Waals surface area (Å²) in [7, 11) is 0. The molecule has 0 aliphatic heterocycles. The topological polar surface area (TPSA) is 118 Å². The number of aromatic nitrogens is 1. The normalized spacial score (nSPS) is 14.5. The van der Waals surface area contributed by atoms with Gasteiger partial charge in [-0.15, -0.1) is 0 Å². The third-order valence-corrected chi connectivity index (χ3v) is 6.00. The van der Waals surface area contributed by atoms with Crippen LogP contribution in [0.2, 0.25) is 0 Å². The highest BCUT2D eigenvalue weighted by molar-refractivity contribution is 6.03. The van der Waals surface area contributed by atoms with Gasteiger partial charge in [0.15, 0.2) is 11.9 Å². The van der Waals surface area contributed by atoms with E-state index >= 15 is 0 Å². The Balaban J connectivity index is 1.57. The molecule has 1 fully saturated rings. The first-order chi connectivity index (χ1) is 16.9. The number of rotatable bonds is 9. The SMILES string of the molecule is Cc1cc(NC(=O)CCC(=O)N(c2ccccc2)C(C(=O)NC2CCCC2)c2ccc(C)o2)no1. The lowest BCUT2D eigenvalue weighted by Gasteiger charge is -2.31. The van der Waals surface area contributed by atoms with Gasteiger partial charge in [-0.1, -0.05) is 36.2 Å². The molecule has 2 N–H and O–H groups in total. The molecule has 1 aliphatic rings. The molecule has 4 rings (SSSR count). The summed E-state index contributed by atoms with van der Waals surface area (Å²) in [4.78, 5) is 41.0. The Morgan fingerprint density at radius 3 is 2.40 bits per heavy atom. The van der Waals surface area contributed by atoms with Gasteiger partial charge >= 0.3 is 0 Å². The van der Waals surface area contributed by atoms with Gasteiger partial charge in [-0.2, -0.15) is 0 Å². The number of para-hydroxylation sites is 1. The number of aryl methyl sites for hydroxylation is 2. The van der Waals surface area contributed by atoms with Crippen molar-refractivity contribution in [1.29, 1.82) is 0 Å². The second kappa shape index (κ2) is 11.0. The average molecular weight is 479 g/mol. The van der Waals surface area contributed by atoms with Crippen LogP contribution in [-0.4, -0.2) is 28.9 Å². The largest absolute Gasteiger partial charge is 0.464 e. The van der Waals surface area contributed by atoms with Gasteiger partial charge in [-0.3, -0.25) is 19.3 Å². The van der Waals surface area contributed by atoms with Gasteiger partial charge in [0.25, 0.3) is 5.91 Å². The molecule has 3 amide bonds. The maximum atomic E-state index is 13.6. The molecule has 0 spiro atoms. The summed E-state index contributed by atoms with van der Waals surface area (Å²) in [5.74, 6) is 0.824. The molecular weight excluding hydrogens is 448 g/mol. The van der Waals surface area contributed by atoms with Gasteiger partial charge in [-0.05, 0) is 51.0 Å². The van der Waals surface area contributed by atoms with Gasteiger partial charge in [0.1, 0.15) is 17.3 Å². The van der Waals surface area contributed by atoms with Gasteiger partial charge in [-0.25, -0.2) is 0 Å². The third-order valence-electron chi connectivity index (χ3n) is 6.00. The van der Waals surface area contributed by atoms with Crippen LogP contribution in [0.3, 0.4) is 0 Å². The molecule has 1 aliphatic carbocycles. The number of amides is 3. The van der Waals surface area contributed by atoms with Crippen LogP contribution in [-0.2, 0) is 14.4 Å². The summed E-state index contributed by atoms with van der Waals surface area (Å²) in [6, 6.07) is 13.1. The number of nitrogens with one attached hydrogen (secondary N) is 2. The molecular formula is C26H30N4O5. The minimum atomic E-state index is -1.000. The minimum Gasteiger partial charge on any atom is -0.464 e. The van der Waals surface area contributed by atoms with E-state index < -0.39 is 6.04 Å². The van der Waals surface area contributed by atoms with Crippen molar-refractivity contribution in [3.63, 3.8) is 0 Å². The maximum absolute atomic E-state index is 13.6. The van der Waals surface area contributed by atoms with Crippen molar-refractivity contribution in [1.82, 2.24) is 10.5 Å². The molecule has 2 heterocycles. The van der Waals surface area contributed by atoms with Crippen LogP contribution in [0.15, 0.2) is 57.5 Å². The fourth-order valence-corrected chi connectivity index (χ4v) is 4.32. The standard InChI is InChI=1S/C26H30N4O5/c1-17-12-13-21(34-17)25(26(33)27-19-8-6-7-9-19)30(20-10-4-3-5-11-20)24(32)15-14-23(31)28-22-16-18(2)35-29-22/h3-5,10-13,16,19,25H,6-9,14-15H2,1-2H3,(H,27,33)(H,28,29,31). The molecule has 9 nitrogen and oxygen atoms in total. The summed E-state index contributed by atoms with van der Waals surface area (Å²) >= 11 is 0. The van der Waals surface area contributed by atoms with E-state index in [0.717, 1.165) is 25.7 Å². The average Bonchev–Trinajstić information content (AvgIpc) is 3.60. The Bertz CT molecular complexity index is 1160. The lowest BCUT2D eigenvalue weighted by Crippen LogP contribution is -2.46. The Morgan fingerprint density at radius 1 is 1.03 bits per heavy atom. The van der Waals surface area contributed by atoms with Crippen molar-refractivity contribution in [2.45, 2.75) is 64.5 Å². The van der Waals surface area contributed by atoms with E-state index in [9.17, 15) is 14.4 Å². The second-order valence-corrected chi connectivity index (χ2v) is 8.81. The molecule has 1 aromatic carbocycles. The predicted octanol–water partition coefficient (Wildman–Crippen LogP) is 4.44. The number of carbonyl (C=O) groups is 3. The number of hydrogen-bond donors (Lipinski definition) is 2. The smallest absolute Gasteiger partial charge is 0.251 e. The van der Waals surface area contributed by atoms with Crippen LogP contribution in [0.5, 0.6) is 0 Å². The molecule has 2 aromatic heterocycles. The molecule has 1 saturated carbocycles. The van der Waals surface area contributed by atoms with Crippen molar-refractivity contribution < 1.29 is 23.3 Å². The Hall–Kier alpha value is -3.88. The van der Waals surface area contributed by atoms with Gasteiger partial charge < -0.3 is 19.6 Å². The van der Waals surface area contributed by atoms with Gasteiger partial charge in [0.05, 0.1) is 0 Å². The minimum absolute atomic E-state index is 0.0745. The zero-order chi connectivity index (χ0) is 24.8. The lowest BCUT2D eigenvalue weighted by molar-refractivity contribution is -0.128. The highest BCUT2D eigenvalue weighted by Gasteiger charge is 2.36. The van der Waals surface area contributed by atoms with Crippen LogP contribution in [0.1, 0.15) is 61.8 Å². The number of hydrogen-bond acceptors (Lipinski definition) is 6. The van der Waals surface area contributed by atoms with Crippen LogP contribution in [0, 0.1) is 13.8 Å². The maximum Gasteiger partial charge on any atom is 0.251 e. The summed E-state index contributed by atoms with van der Waals surface area (Å²) in [6.07, 6.45) is 3.77. The first-order valence-electron chi connectivity index (χ1n) is 11.9. The highest BCUT2D eigenvalue weighted by atomic mass is 16.5. The number of benzene rings is 1. The molecule has 0 saturated heterocycles. The number of furan rings is 1. The van der Waals surface area contributed by atoms with Crippen molar-refractivity contribution >= 4 is 29.2 Å². The van der Waals surface area contributed by atoms with E-state index in [0.29, 0.717) is 28.8 Å². The van der Waals surface area contributed by atoms with E-state index in [4.69, 9.17) is 8.94 Å². The summed E-state index contributed by atoms with van der Waals surface area (Å²) in [5, 5.41) is 9.46. The summed E-state index contributed by atoms with van der Waals surface area (Å²) < 4.78 is 10.8. The Kier molecular flexibility index (Phi) is 7.64. The third kappa shape index (κ3) is 6.17.